The quantitative estimate of drug-likeness (QED) is 0.339. The van der Waals surface area contributed by atoms with Crippen molar-refractivity contribution in [1.29, 1.82) is 0 Å². The first-order valence-electron chi connectivity index (χ1n) is 11.5. The number of aromatic nitrogens is 2. The first-order valence-corrected chi connectivity index (χ1v) is 11.5. The van der Waals surface area contributed by atoms with Gasteiger partial charge in [-0.3, -0.25) is 14.3 Å². The minimum absolute atomic E-state index is 0.0251. The monoisotopic (exact) mass is 504 g/mol. The molecule has 0 saturated carbocycles. The lowest BCUT2D eigenvalue weighted by atomic mass is 9.88. The third kappa shape index (κ3) is 4.88. The number of hydrogen-bond acceptors (Lipinski definition) is 7. The van der Waals surface area contributed by atoms with Crippen molar-refractivity contribution in [2.75, 3.05) is 13.2 Å². The van der Waals surface area contributed by atoms with Gasteiger partial charge in [-0.15, -0.1) is 0 Å². The Labute approximate surface area is 204 Å². The summed E-state index contributed by atoms with van der Waals surface area (Å²) in [6.45, 7) is 3.07. The summed E-state index contributed by atoms with van der Waals surface area (Å²) in [5, 5.41) is 9.49. The first kappa shape index (κ1) is 25.1. The van der Waals surface area contributed by atoms with Crippen LogP contribution in [0.5, 0.6) is 5.75 Å². The SMILES string of the molecule is CCOC(=O)C1(NC(=O)c2c(C)oc3ccc(OCc4ccnn4CC(F)F)cc23)CCCNC1=O. The molecule has 1 fully saturated rings. The lowest BCUT2D eigenvalue weighted by molar-refractivity contribution is -0.157. The highest BCUT2D eigenvalue weighted by Crippen LogP contribution is 2.31. The molecule has 192 valence electrons. The number of furan rings is 1. The molecule has 1 aromatic carbocycles. The van der Waals surface area contributed by atoms with Gasteiger partial charge in [-0.1, -0.05) is 0 Å². The van der Waals surface area contributed by atoms with Crippen LogP contribution >= 0.6 is 0 Å². The maximum Gasteiger partial charge on any atom is 0.341 e. The molecule has 1 saturated heterocycles. The molecule has 10 nitrogen and oxygen atoms in total. The molecule has 0 aliphatic carbocycles. The highest BCUT2D eigenvalue weighted by Gasteiger charge is 2.50. The molecule has 1 aliphatic rings. The average molecular weight is 504 g/mol. The van der Waals surface area contributed by atoms with Crippen molar-refractivity contribution in [1.82, 2.24) is 20.4 Å². The van der Waals surface area contributed by atoms with Gasteiger partial charge < -0.3 is 24.5 Å². The number of aryl methyl sites for hydroxylation is 1. The molecule has 2 N–H and O–H groups in total. The summed E-state index contributed by atoms with van der Waals surface area (Å²) in [5.41, 5.74) is -0.860. The lowest BCUT2D eigenvalue weighted by Gasteiger charge is -2.34. The second kappa shape index (κ2) is 10.3. The number of hydrogen-bond donors (Lipinski definition) is 2. The third-order valence-electron chi connectivity index (χ3n) is 5.92. The van der Waals surface area contributed by atoms with Crippen LogP contribution in [0.25, 0.3) is 11.0 Å². The molecule has 0 bridgehead atoms. The molecular formula is C24H26F2N4O6. The number of alkyl halides is 2. The van der Waals surface area contributed by atoms with Crippen molar-refractivity contribution in [3.8, 4) is 5.75 Å². The van der Waals surface area contributed by atoms with E-state index >= 15 is 0 Å². The third-order valence-corrected chi connectivity index (χ3v) is 5.92. The Kier molecular flexibility index (Phi) is 7.22. The Hall–Kier alpha value is -3.96. The van der Waals surface area contributed by atoms with Gasteiger partial charge in [-0.2, -0.15) is 5.10 Å². The topological polar surface area (TPSA) is 125 Å². The molecule has 1 aliphatic heterocycles. The fourth-order valence-electron chi connectivity index (χ4n) is 4.20. The molecular weight excluding hydrogens is 478 g/mol. The molecule has 4 rings (SSSR count). The highest BCUT2D eigenvalue weighted by atomic mass is 19.3. The zero-order valence-electron chi connectivity index (χ0n) is 19.8. The van der Waals surface area contributed by atoms with Crippen molar-refractivity contribution in [2.45, 2.75) is 51.8 Å². The van der Waals surface area contributed by atoms with Crippen molar-refractivity contribution >= 4 is 28.8 Å². The predicted octanol–water partition coefficient (Wildman–Crippen LogP) is 2.72. The van der Waals surface area contributed by atoms with E-state index in [2.05, 4.69) is 15.7 Å². The summed E-state index contributed by atoms with van der Waals surface area (Å²) >= 11 is 0. The summed E-state index contributed by atoms with van der Waals surface area (Å²) in [6.07, 6.45) is -0.568. The van der Waals surface area contributed by atoms with Crippen LogP contribution in [0, 0.1) is 6.92 Å². The second-order valence-electron chi connectivity index (χ2n) is 8.32. The number of halogens is 2. The van der Waals surface area contributed by atoms with Crippen molar-refractivity contribution in [2.24, 2.45) is 0 Å². The summed E-state index contributed by atoms with van der Waals surface area (Å²) in [5.74, 6) is -1.49. The molecule has 1 unspecified atom stereocenters. The van der Waals surface area contributed by atoms with E-state index < -0.39 is 36.3 Å². The standard InChI is InChI=1S/C24H26F2N4O6/c1-3-34-23(33)24(8-4-9-27-22(24)32)29-21(31)20-14(2)36-18-6-5-16(11-17(18)20)35-13-15-7-10-28-30(15)12-19(25)26/h5-7,10-11,19H,3-4,8-9,12-13H2,1-2H3,(H,27,32)(H,29,31). The van der Waals surface area contributed by atoms with E-state index in [1.165, 1.54) is 6.20 Å². The Morgan fingerprint density at radius 1 is 1.33 bits per heavy atom. The molecule has 2 amide bonds. The fraction of sp³-hybridized carbons (Fsp3) is 0.417. The van der Waals surface area contributed by atoms with Crippen LogP contribution in [0.15, 0.2) is 34.9 Å². The van der Waals surface area contributed by atoms with E-state index in [0.29, 0.717) is 35.4 Å². The second-order valence-corrected chi connectivity index (χ2v) is 8.32. The van der Waals surface area contributed by atoms with Gasteiger partial charge in [0.2, 0.25) is 5.54 Å². The summed E-state index contributed by atoms with van der Waals surface area (Å²) in [6, 6.07) is 6.38. The van der Waals surface area contributed by atoms with Crippen LogP contribution in [0.3, 0.4) is 0 Å². The number of piperidine rings is 1. The fourth-order valence-corrected chi connectivity index (χ4v) is 4.20. The maximum atomic E-state index is 13.4. The summed E-state index contributed by atoms with van der Waals surface area (Å²) in [4.78, 5) is 38.8. The number of ether oxygens (including phenoxy) is 2. The lowest BCUT2D eigenvalue weighted by Crippen LogP contribution is -2.66. The molecule has 3 heterocycles. The zero-order chi connectivity index (χ0) is 25.9. The van der Waals surface area contributed by atoms with E-state index in [1.807, 2.05) is 0 Å². The van der Waals surface area contributed by atoms with Gasteiger partial charge in [0.15, 0.2) is 0 Å². The van der Waals surface area contributed by atoms with Crippen molar-refractivity contribution in [3.05, 3.63) is 47.5 Å². The van der Waals surface area contributed by atoms with Crippen LogP contribution in [0.2, 0.25) is 0 Å². The number of carbonyl (C=O) groups excluding carboxylic acids is 3. The number of amides is 2. The van der Waals surface area contributed by atoms with Crippen molar-refractivity contribution < 1.29 is 37.1 Å². The number of nitrogens with one attached hydrogen (secondary N) is 2. The van der Waals surface area contributed by atoms with Gasteiger partial charge in [0.25, 0.3) is 18.2 Å². The number of carbonyl (C=O) groups is 3. The summed E-state index contributed by atoms with van der Waals surface area (Å²) in [7, 11) is 0. The first-order chi connectivity index (χ1) is 17.2. The minimum atomic E-state index is -2.56. The maximum absolute atomic E-state index is 13.4. The summed E-state index contributed by atoms with van der Waals surface area (Å²) < 4.78 is 43.2. The molecule has 2 aromatic heterocycles. The largest absolute Gasteiger partial charge is 0.487 e. The van der Waals surface area contributed by atoms with Gasteiger partial charge in [0.05, 0.1) is 17.9 Å². The van der Waals surface area contributed by atoms with Gasteiger partial charge >= 0.3 is 5.97 Å². The molecule has 0 spiro atoms. The Balaban J connectivity index is 1.60. The van der Waals surface area contributed by atoms with E-state index in [4.69, 9.17) is 13.9 Å². The van der Waals surface area contributed by atoms with Gasteiger partial charge in [0, 0.05) is 18.1 Å². The molecule has 3 aromatic rings. The van der Waals surface area contributed by atoms with Crippen LogP contribution in [-0.2, 0) is 27.5 Å². The Bertz CT molecular complexity index is 1290. The van der Waals surface area contributed by atoms with Gasteiger partial charge in [0.1, 0.15) is 30.2 Å². The predicted molar refractivity (Wildman–Crippen MR) is 123 cm³/mol. The highest BCUT2D eigenvalue weighted by molar-refractivity contribution is 6.15. The van der Waals surface area contributed by atoms with Gasteiger partial charge in [-0.05, 0) is 51.0 Å². The number of esters is 1. The van der Waals surface area contributed by atoms with E-state index in [1.54, 1.807) is 38.1 Å². The minimum Gasteiger partial charge on any atom is -0.487 e. The number of benzene rings is 1. The van der Waals surface area contributed by atoms with Crippen LogP contribution < -0.4 is 15.4 Å². The average Bonchev–Trinajstić information content (AvgIpc) is 3.41. The molecule has 0 radical (unpaired) electrons. The Morgan fingerprint density at radius 3 is 2.86 bits per heavy atom. The normalized spacial score (nSPS) is 17.8. The smallest absolute Gasteiger partial charge is 0.341 e. The van der Waals surface area contributed by atoms with Gasteiger partial charge in [-0.25, -0.2) is 13.6 Å². The van der Waals surface area contributed by atoms with Crippen LogP contribution in [0.1, 0.15) is 41.6 Å². The van der Waals surface area contributed by atoms with Crippen LogP contribution in [0.4, 0.5) is 8.78 Å². The molecule has 1 atom stereocenters. The molecule has 12 heteroatoms. The van der Waals surface area contributed by atoms with E-state index in [-0.39, 0.29) is 31.0 Å². The van der Waals surface area contributed by atoms with E-state index in [0.717, 1.165) is 4.68 Å². The number of fused-ring (bicyclic) bond motifs is 1. The van der Waals surface area contributed by atoms with E-state index in [9.17, 15) is 23.2 Å². The van der Waals surface area contributed by atoms with Crippen molar-refractivity contribution in [3.63, 3.8) is 0 Å². The Morgan fingerprint density at radius 2 is 2.14 bits per heavy atom. The number of nitrogens with zero attached hydrogens (tertiary/aromatic N) is 2. The number of rotatable bonds is 9. The zero-order valence-corrected chi connectivity index (χ0v) is 19.8. The molecule has 36 heavy (non-hydrogen) atoms. The van der Waals surface area contributed by atoms with Crippen LogP contribution in [-0.4, -0.2) is 52.7 Å².